The van der Waals surface area contributed by atoms with E-state index in [9.17, 15) is 10.2 Å². The number of nitrogen functional groups attached to an aromatic ring is 1. The zero-order valence-electron chi connectivity index (χ0n) is 12.7. The molecule has 0 atom stereocenters. The van der Waals surface area contributed by atoms with Gasteiger partial charge in [-0.15, -0.1) is 0 Å². The van der Waals surface area contributed by atoms with Gasteiger partial charge in [-0.1, -0.05) is 36.4 Å². The first kappa shape index (κ1) is 16.4. The van der Waals surface area contributed by atoms with E-state index in [0.717, 1.165) is 22.4 Å². The van der Waals surface area contributed by atoms with Crippen LogP contribution in [0.25, 0.3) is 11.1 Å². The number of rotatable bonds is 2. The Hall–Kier alpha value is -2.98. The number of phenolic OH excluding ortho intramolecular Hbond substituents is 2. The second-order valence-electron chi connectivity index (χ2n) is 5.05. The van der Waals surface area contributed by atoms with Gasteiger partial charge < -0.3 is 21.7 Å². The lowest BCUT2D eigenvalue weighted by molar-refractivity contribution is 0.474. The molecule has 118 valence electrons. The second-order valence-corrected chi connectivity index (χ2v) is 5.05. The Balaban J connectivity index is 0.000000185. The predicted octanol–water partition coefficient (Wildman–Crippen LogP) is 3.49. The van der Waals surface area contributed by atoms with Crippen LogP contribution in [0.4, 0.5) is 5.69 Å². The Labute approximate surface area is 135 Å². The van der Waals surface area contributed by atoms with Gasteiger partial charge in [-0.05, 0) is 53.1 Å². The minimum Gasteiger partial charge on any atom is -0.508 e. The van der Waals surface area contributed by atoms with Gasteiger partial charge >= 0.3 is 0 Å². The quantitative estimate of drug-likeness (QED) is 0.545. The maximum atomic E-state index is 9.28. The molecule has 0 heterocycles. The van der Waals surface area contributed by atoms with E-state index in [1.165, 1.54) is 0 Å². The number of phenols is 2. The monoisotopic (exact) mass is 308 g/mol. The average Bonchev–Trinajstić information content (AvgIpc) is 2.56. The van der Waals surface area contributed by atoms with Crippen LogP contribution in [0.5, 0.6) is 11.5 Å². The molecule has 0 unspecified atom stereocenters. The Bertz CT molecular complexity index is 712. The van der Waals surface area contributed by atoms with Crippen molar-refractivity contribution in [2.75, 3.05) is 5.73 Å². The zero-order chi connectivity index (χ0) is 16.7. The summed E-state index contributed by atoms with van der Waals surface area (Å²) in [5, 5.41) is 18.6. The van der Waals surface area contributed by atoms with Crippen LogP contribution in [-0.4, -0.2) is 10.2 Å². The largest absolute Gasteiger partial charge is 0.508 e. The summed E-state index contributed by atoms with van der Waals surface area (Å²) in [6.45, 7) is 0.584. The maximum absolute atomic E-state index is 9.28. The highest BCUT2D eigenvalue weighted by molar-refractivity contribution is 5.66. The molecule has 23 heavy (non-hydrogen) atoms. The normalized spacial score (nSPS) is 9.78. The van der Waals surface area contributed by atoms with Gasteiger partial charge in [-0.2, -0.15) is 0 Å². The van der Waals surface area contributed by atoms with Gasteiger partial charge in [0.05, 0.1) is 0 Å². The van der Waals surface area contributed by atoms with E-state index in [2.05, 4.69) is 0 Å². The molecular weight excluding hydrogens is 288 g/mol. The number of hydrogen-bond acceptors (Lipinski definition) is 4. The van der Waals surface area contributed by atoms with Crippen molar-refractivity contribution in [3.05, 3.63) is 78.4 Å². The molecule has 3 rings (SSSR count). The van der Waals surface area contributed by atoms with Crippen LogP contribution >= 0.6 is 0 Å². The molecule has 4 heteroatoms. The Kier molecular flexibility index (Phi) is 5.61. The minimum absolute atomic E-state index is 0.228. The lowest BCUT2D eigenvalue weighted by atomic mass is 10.1. The van der Waals surface area contributed by atoms with Gasteiger partial charge in [0, 0.05) is 12.2 Å². The number of benzene rings is 3. The average molecular weight is 308 g/mol. The van der Waals surface area contributed by atoms with Crippen molar-refractivity contribution in [1.29, 1.82) is 0 Å². The topological polar surface area (TPSA) is 92.5 Å². The zero-order valence-corrected chi connectivity index (χ0v) is 12.7. The van der Waals surface area contributed by atoms with E-state index in [4.69, 9.17) is 11.5 Å². The van der Waals surface area contributed by atoms with Gasteiger partial charge in [-0.3, -0.25) is 0 Å². The molecule has 0 amide bonds. The Morgan fingerprint density at radius 2 is 1.17 bits per heavy atom. The summed E-state index contributed by atoms with van der Waals surface area (Å²) in [5.41, 5.74) is 14.5. The maximum Gasteiger partial charge on any atom is 0.116 e. The van der Waals surface area contributed by atoms with Gasteiger partial charge in [-0.25, -0.2) is 0 Å². The summed E-state index contributed by atoms with van der Waals surface area (Å²) in [6.07, 6.45) is 0. The Morgan fingerprint density at radius 3 is 1.57 bits per heavy atom. The summed E-state index contributed by atoms with van der Waals surface area (Å²) in [7, 11) is 0. The number of anilines is 1. The van der Waals surface area contributed by atoms with Gasteiger partial charge in [0.15, 0.2) is 0 Å². The van der Waals surface area contributed by atoms with E-state index < -0.39 is 0 Å². The molecule has 0 aliphatic heterocycles. The molecule has 6 N–H and O–H groups in total. The van der Waals surface area contributed by atoms with Gasteiger partial charge in [0.2, 0.25) is 0 Å². The molecule has 0 saturated carbocycles. The highest BCUT2D eigenvalue weighted by Crippen LogP contribution is 2.25. The molecule has 0 spiro atoms. The first-order chi connectivity index (χ1) is 11.1. The van der Waals surface area contributed by atoms with Crippen molar-refractivity contribution < 1.29 is 10.2 Å². The van der Waals surface area contributed by atoms with E-state index >= 15 is 0 Å². The fourth-order valence-electron chi connectivity index (χ4n) is 2.02. The summed E-state index contributed by atoms with van der Waals surface area (Å²) in [4.78, 5) is 0. The number of aromatic hydroxyl groups is 2. The summed E-state index contributed by atoms with van der Waals surface area (Å²) >= 11 is 0. The van der Waals surface area contributed by atoms with E-state index in [1.807, 2.05) is 36.4 Å². The molecule has 0 bridgehead atoms. The van der Waals surface area contributed by atoms with Crippen LogP contribution in [-0.2, 0) is 6.54 Å². The van der Waals surface area contributed by atoms with Crippen molar-refractivity contribution in [2.45, 2.75) is 6.54 Å². The van der Waals surface area contributed by atoms with Crippen molar-refractivity contribution in [3.8, 4) is 22.6 Å². The standard InChI is InChI=1S/C12H10O2.C7H10N2/c13-11-5-1-3-9(7-11)10-4-2-6-12(14)8-10;8-5-6-1-3-7(9)4-2-6/h1-8,13-14H;1-4H,5,8-9H2. The molecule has 3 aromatic rings. The van der Waals surface area contributed by atoms with Gasteiger partial charge in [0.25, 0.3) is 0 Å². The van der Waals surface area contributed by atoms with Crippen molar-refractivity contribution in [1.82, 2.24) is 0 Å². The van der Waals surface area contributed by atoms with Crippen LogP contribution in [0.2, 0.25) is 0 Å². The van der Waals surface area contributed by atoms with Crippen molar-refractivity contribution in [2.24, 2.45) is 5.73 Å². The Morgan fingerprint density at radius 1 is 0.696 bits per heavy atom. The summed E-state index contributed by atoms with van der Waals surface area (Å²) < 4.78 is 0. The van der Waals surface area contributed by atoms with Gasteiger partial charge in [0.1, 0.15) is 11.5 Å². The molecule has 4 nitrogen and oxygen atoms in total. The highest BCUT2D eigenvalue weighted by atomic mass is 16.3. The smallest absolute Gasteiger partial charge is 0.116 e. The third kappa shape index (κ3) is 5.05. The molecule has 0 aliphatic carbocycles. The SMILES string of the molecule is NCc1ccc(N)cc1.Oc1cccc(-c2cccc(O)c2)c1. The minimum atomic E-state index is 0.228. The van der Waals surface area contributed by atoms with E-state index in [1.54, 1.807) is 36.4 Å². The molecule has 0 fully saturated rings. The number of hydrogen-bond donors (Lipinski definition) is 4. The third-order valence-corrected chi connectivity index (χ3v) is 3.24. The molecular formula is C19H20N2O2. The molecule has 0 saturated heterocycles. The summed E-state index contributed by atoms with van der Waals surface area (Å²) in [5.74, 6) is 0.455. The second kappa shape index (κ2) is 7.87. The summed E-state index contributed by atoms with van der Waals surface area (Å²) in [6, 6.07) is 21.4. The third-order valence-electron chi connectivity index (χ3n) is 3.24. The number of nitrogens with two attached hydrogens (primary N) is 2. The van der Waals surface area contributed by atoms with Crippen LogP contribution in [0, 0.1) is 0 Å². The fourth-order valence-corrected chi connectivity index (χ4v) is 2.02. The van der Waals surface area contributed by atoms with Crippen LogP contribution in [0.1, 0.15) is 5.56 Å². The van der Waals surface area contributed by atoms with E-state index in [0.29, 0.717) is 6.54 Å². The van der Waals surface area contributed by atoms with Crippen molar-refractivity contribution >= 4 is 5.69 Å². The lowest BCUT2D eigenvalue weighted by Gasteiger charge is -2.02. The first-order valence-electron chi connectivity index (χ1n) is 7.21. The van der Waals surface area contributed by atoms with E-state index in [-0.39, 0.29) is 11.5 Å². The predicted molar refractivity (Wildman–Crippen MR) is 94.0 cm³/mol. The van der Waals surface area contributed by atoms with Crippen LogP contribution in [0.3, 0.4) is 0 Å². The molecule has 0 aliphatic rings. The van der Waals surface area contributed by atoms with Crippen LogP contribution in [0.15, 0.2) is 72.8 Å². The molecule has 3 aromatic carbocycles. The lowest BCUT2D eigenvalue weighted by Crippen LogP contribution is -1.95. The first-order valence-corrected chi connectivity index (χ1v) is 7.21. The van der Waals surface area contributed by atoms with Crippen LogP contribution < -0.4 is 11.5 Å². The molecule has 0 radical (unpaired) electrons. The molecule has 0 aromatic heterocycles. The fraction of sp³-hybridized carbons (Fsp3) is 0.0526. The highest BCUT2D eigenvalue weighted by Gasteiger charge is 1.98. The van der Waals surface area contributed by atoms with Crippen molar-refractivity contribution in [3.63, 3.8) is 0 Å².